The monoisotopic (exact) mass is 362 g/mol. The van der Waals surface area contributed by atoms with E-state index in [4.69, 9.17) is 18.9 Å². The lowest BCUT2D eigenvalue weighted by Crippen LogP contribution is -2.49. The molecule has 0 aromatic heterocycles. The lowest BCUT2D eigenvalue weighted by Gasteiger charge is -2.32. The van der Waals surface area contributed by atoms with Crippen LogP contribution in [0, 0.1) is 5.92 Å². The summed E-state index contributed by atoms with van der Waals surface area (Å²) >= 11 is 0. The van der Waals surface area contributed by atoms with Crippen molar-refractivity contribution in [1.82, 2.24) is 0 Å². The summed E-state index contributed by atoms with van der Waals surface area (Å²) in [5.74, 6) is -6.01. The maximum atomic E-state index is 12.6. The summed E-state index contributed by atoms with van der Waals surface area (Å²) in [6.07, 6.45) is -0.694. The van der Waals surface area contributed by atoms with E-state index in [1.165, 1.54) is 19.9 Å². The molecule has 1 aromatic carbocycles. The Morgan fingerprint density at radius 3 is 2.46 bits per heavy atom. The second kappa shape index (κ2) is 6.44. The molecule has 0 aliphatic carbocycles. The van der Waals surface area contributed by atoms with E-state index in [0.717, 1.165) is 0 Å². The minimum absolute atomic E-state index is 0.0806. The van der Waals surface area contributed by atoms with Crippen LogP contribution in [0.3, 0.4) is 0 Å². The largest absolute Gasteiger partial charge is 0.486 e. The average molecular weight is 362 g/mol. The van der Waals surface area contributed by atoms with Crippen LogP contribution in [0.5, 0.6) is 5.75 Å². The Morgan fingerprint density at radius 1 is 1.15 bits per heavy atom. The summed E-state index contributed by atoms with van der Waals surface area (Å²) in [5.41, 5.74) is 0.568. The Morgan fingerprint density at radius 2 is 1.81 bits per heavy atom. The molecular formula is C18H18O8. The number of carbonyl (C=O) groups is 4. The van der Waals surface area contributed by atoms with Gasteiger partial charge in [0, 0.05) is 25.8 Å². The van der Waals surface area contributed by atoms with Gasteiger partial charge in [0.15, 0.2) is 5.78 Å². The lowest BCUT2D eigenvalue weighted by atomic mass is 9.95. The maximum Gasteiger partial charge on any atom is 0.342 e. The molecule has 0 bridgehead atoms. The van der Waals surface area contributed by atoms with Crippen molar-refractivity contribution >= 4 is 23.7 Å². The number of Topliss-reactive ketones (excluding diaryl/α,β-unsaturated/α-hetero) is 1. The van der Waals surface area contributed by atoms with Gasteiger partial charge < -0.3 is 18.9 Å². The molecule has 3 rings (SSSR count). The Bertz CT molecular complexity index is 774. The first-order chi connectivity index (χ1) is 12.2. The third kappa shape index (κ3) is 3.40. The number of ketones is 1. The Kier molecular flexibility index (Phi) is 4.43. The molecule has 8 nitrogen and oxygen atoms in total. The standard InChI is InChI=1S/C18H18O8/c1-9-8-23-15(20)11-6-4-5-10(14(11)24-9)7-12(19)13-16(21)25-18(2,3)26-17(13)22/h4-6,9,13H,7-8H2,1-3H3. The van der Waals surface area contributed by atoms with Crippen molar-refractivity contribution in [3.8, 4) is 5.75 Å². The van der Waals surface area contributed by atoms with E-state index in [1.54, 1.807) is 19.1 Å². The van der Waals surface area contributed by atoms with Crippen molar-refractivity contribution in [3.63, 3.8) is 0 Å². The molecule has 2 aliphatic rings. The summed E-state index contributed by atoms with van der Waals surface area (Å²) in [6, 6.07) is 4.68. The minimum atomic E-state index is -1.66. The van der Waals surface area contributed by atoms with Crippen molar-refractivity contribution in [2.75, 3.05) is 6.61 Å². The number of esters is 3. The van der Waals surface area contributed by atoms with Crippen LogP contribution in [0.2, 0.25) is 0 Å². The molecule has 0 amide bonds. The second-order valence-electron chi connectivity index (χ2n) is 6.64. The molecule has 2 aliphatic heterocycles. The predicted octanol–water partition coefficient (Wildman–Crippen LogP) is 1.19. The third-order valence-corrected chi connectivity index (χ3v) is 3.94. The average Bonchev–Trinajstić information content (AvgIpc) is 2.65. The normalized spacial score (nSPS) is 22.3. The van der Waals surface area contributed by atoms with Crippen molar-refractivity contribution in [2.24, 2.45) is 5.92 Å². The smallest absolute Gasteiger partial charge is 0.342 e. The predicted molar refractivity (Wildman–Crippen MR) is 85.3 cm³/mol. The maximum absolute atomic E-state index is 12.6. The topological polar surface area (TPSA) is 105 Å². The van der Waals surface area contributed by atoms with Crippen LogP contribution in [0.25, 0.3) is 0 Å². The van der Waals surface area contributed by atoms with Gasteiger partial charge in [-0.05, 0) is 13.0 Å². The summed E-state index contributed by atoms with van der Waals surface area (Å²) in [5, 5.41) is 0. The van der Waals surface area contributed by atoms with Gasteiger partial charge in [0.2, 0.25) is 5.92 Å². The van der Waals surface area contributed by atoms with Crippen LogP contribution in [0.4, 0.5) is 0 Å². The molecule has 0 N–H and O–H groups in total. The molecule has 26 heavy (non-hydrogen) atoms. The van der Waals surface area contributed by atoms with E-state index in [2.05, 4.69) is 0 Å². The van der Waals surface area contributed by atoms with Gasteiger partial charge in [-0.25, -0.2) is 4.79 Å². The molecule has 0 radical (unpaired) electrons. The van der Waals surface area contributed by atoms with Gasteiger partial charge in [0.05, 0.1) is 0 Å². The number of para-hydroxylation sites is 1. The lowest BCUT2D eigenvalue weighted by molar-refractivity contribution is -0.238. The molecule has 1 saturated heterocycles. The van der Waals surface area contributed by atoms with Gasteiger partial charge in [-0.1, -0.05) is 12.1 Å². The number of hydrogen-bond donors (Lipinski definition) is 0. The summed E-state index contributed by atoms with van der Waals surface area (Å²) in [7, 11) is 0. The fourth-order valence-corrected chi connectivity index (χ4v) is 2.80. The molecule has 8 heteroatoms. The van der Waals surface area contributed by atoms with Crippen LogP contribution in [-0.2, 0) is 35.0 Å². The molecule has 2 heterocycles. The molecule has 1 fully saturated rings. The summed E-state index contributed by atoms with van der Waals surface area (Å²) in [4.78, 5) is 48.7. The highest BCUT2D eigenvalue weighted by Gasteiger charge is 2.47. The van der Waals surface area contributed by atoms with Crippen molar-refractivity contribution in [1.29, 1.82) is 0 Å². The zero-order valence-corrected chi connectivity index (χ0v) is 14.6. The van der Waals surface area contributed by atoms with E-state index in [9.17, 15) is 19.2 Å². The molecule has 0 spiro atoms. The van der Waals surface area contributed by atoms with E-state index in [-0.39, 0.29) is 24.3 Å². The fraction of sp³-hybridized carbons (Fsp3) is 0.444. The third-order valence-electron chi connectivity index (χ3n) is 3.94. The number of hydrogen-bond acceptors (Lipinski definition) is 8. The van der Waals surface area contributed by atoms with Crippen LogP contribution in [0.15, 0.2) is 18.2 Å². The molecule has 0 saturated carbocycles. The zero-order chi connectivity index (χ0) is 19.1. The number of rotatable bonds is 3. The number of benzene rings is 1. The van der Waals surface area contributed by atoms with Crippen molar-refractivity contribution in [2.45, 2.75) is 39.1 Å². The second-order valence-corrected chi connectivity index (χ2v) is 6.64. The van der Waals surface area contributed by atoms with Gasteiger partial charge >= 0.3 is 17.9 Å². The van der Waals surface area contributed by atoms with Crippen LogP contribution in [0.1, 0.15) is 36.7 Å². The highest BCUT2D eigenvalue weighted by atomic mass is 16.7. The van der Waals surface area contributed by atoms with E-state index in [0.29, 0.717) is 5.56 Å². The Labute approximate surface area is 149 Å². The van der Waals surface area contributed by atoms with E-state index in [1.807, 2.05) is 0 Å². The minimum Gasteiger partial charge on any atom is -0.486 e. The van der Waals surface area contributed by atoms with Crippen LogP contribution >= 0.6 is 0 Å². The Balaban J connectivity index is 1.87. The number of cyclic esters (lactones) is 3. The Hall–Kier alpha value is -2.90. The summed E-state index contributed by atoms with van der Waals surface area (Å²) < 4.78 is 20.7. The zero-order valence-electron chi connectivity index (χ0n) is 14.6. The van der Waals surface area contributed by atoms with Gasteiger partial charge in [-0.3, -0.25) is 14.4 Å². The highest BCUT2D eigenvalue weighted by molar-refractivity contribution is 6.16. The van der Waals surface area contributed by atoms with E-state index < -0.39 is 41.5 Å². The first kappa shape index (κ1) is 17.9. The number of ether oxygens (including phenoxy) is 4. The summed E-state index contributed by atoms with van der Waals surface area (Å²) in [6.45, 7) is 4.61. The molecular weight excluding hydrogens is 344 g/mol. The fourth-order valence-electron chi connectivity index (χ4n) is 2.80. The first-order valence-electron chi connectivity index (χ1n) is 8.12. The van der Waals surface area contributed by atoms with Crippen LogP contribution < -0.4 is 4.74 Å². The molecule has 138 valence electrons. The SMILES string of the molecule is CC1COC(=O)c2cccc(CC(=O)C3C(=O)OC(C)(C)OC3=O)c2O1. The van der Waals surface area contributed by atoms with Crippen LogP contribution in [-0.4, -0.2) is 42.2 Å². The number of carbonyl (C=O) groups excluding carboxylic acids is 4. The quantitative estimate of drug-likeness (QED) is 0.583. The van der Waals surface area contributed by atoms with Crippen molar-refractivity contribution < 1.29 is 38.1 Å². The molecule has 1 unspecified atom stereocenters. The number of fused-ring (bicyclic) bond motifs is 1. The van der Waals surface area contributed by atoms with E-state index >= 15 is 0 Å². The van der Waals surface area contributed by atoms with Gasteiger partial charge in [0.25, 0.3) is 5.79 Å². The first-order valence-corrected chi connectivity index (χ1v) is 8.12. The van der Waals surface area contributed by atoms with Gasteiger partial charge in [-0.2, -0.15) is 0 Å². The van der Waals surface area contributed by atoms with Gasteiger partial charge in [0.1, 0.15) is 24.0 Å². The molecule has 1 aromatic rings. The van der Waals surface area contributed by atoms with Gasteiger partial charge in [-0.15, -0.1) is 0 Å². The highest BCUT2D eigenvalue weighted by Crippen LogP contribution is 2.31. The van der Waals surface area contributed by atoms with Crippen molar-refractivity contribution in [3.05, 3.63) is 29.3 Å². The molecule has 1 atom stereocenters.